The van der Waals surface area contributed by atoms with Gasteiger partial charge in [-0.3, -0.25) is 4.79 Å². The lowest BCUT2D eigenvalue weighted by Crippen LogP contribution is -2.38. The van der Waals surface area contributed by atoms with Crippen molar-refractivity contribution < 1.29 is 9.59 Å². The maximum absolute atomic E-state index is 12.4. The first kappa shape index (κ1) is 19.1. The number of nitrogens with zero attached hydrogens (tertiary/aromatic N) is 1. The molecule has 0 spiro atoms. The summed E-state index contributed by atoms with van der Waals surface area (Å²) in [4.78, 5) is 28.6. The molecule has 27 heavy (non-hydrogen) atoms. The van der Waals surface area contributed by atoms with Crippen molar-refractivity contribution in [2.45, 2.75) is 25.3 Å². The van der Waals surface area contributed by atoms with E-state index < -0.39 is 0 Å². The van der Waals surface area contributed by atoms with Crippen LogP contribution in [-0.4, -0.2) is 36.1 Å². The number of hydrogen-bond donors (Lipinski definition) is 4. The van der Waals surface area contributed by atoms with E-state index in [4.69, 9.17) is 11.6 Å². The molecule has 8 heteroatoms. The third-order valence-electron chi connectivity index (χ3n) is 4.26. The van der Waals surface area contributed by atoms with Crippen molar-refractivity contribution in [2.24, 2.45) is 0 Å². The Bertz CT molecular complexity index is 789. The van der Waals surface area contributed by atoms with E-state index in [0.717, 1.165) is 32.4 Å². The minimum absolute atomic E-state index is 0.155. The number of anilines is 2. The summed E-state index contributed by atoms with van der Waals surface area (Å²) < 4.78 is 0. The van der Waals surface area contributed by atoms with E-state index >= 15 is 0 Å². The lowest BCUT2D eigenvalue weighted by Gasteiger charge is -2.16. The zero-order chi connectivity index (χ0) is 19.1. The first-order chi connectivity index (χ1) is 13.1. The second-order valence-electron chi connectivity index (χ2n) is 6.37. The Balaban J connectivity index is 1.58. The quantitative estimate of drug-likeness (QED) is 0.647. The van der Waals surface area contributed by atoms with Crippen LogP contribution in [0.5, 0.6) is 0 Å². The molecule has 1 unspecified atom stereocenters. The smallest absolute Gasteiger partial charge is 0.319 e. The molecule has 1 aliphatic heterocycles. The third-order valence-corrected chi connectivity index (χ3v) is 4.49. The van der Waals surface area contributed by atoms with Crippen molar-refractivity contribution in [3.05, 3.63) is 53.2 Å². The lowest BCUT2D eigenvalue weighted by atomic mass is 10.1. The van der Waals surface area contributed by atoms with E-state index in [1.54, 1.807) is 36.4 Å². The summed E-state index contributed by atoms with van der Waals surface area (Å²) in [5.41, 5.74) is 0.971. The number of nitrogens with one attached hydrogen (secondary N) is 4. The molecule has 7 nitrogen and oxygen atoms in total. The fourth-order valence-electron chi connectivity index (χ4n) is 2.89. The van der Waals surface area contributed by atoms with Crippen LogP contribution in [0.4, 0.5) is 16.3 Å². The minimum Gasteiger partial charge on any atom is -0.335 e. The normalized spacial score (nSPS) is 16.9. The number of carbonyl (C=O) groups excluding carboxylic acids is 2. The molecule has 4 N–H and O–H groups in total. The molecule has 3 amide bonds. The third kappa shape index (κ3) is 5.94. The summed E-state index contributed by atoms with van der Waals surface area (Å²) in [5.74, 6) is 0.0891. The molecule has 1 saturated heterocycles. The molecule has 2 aromatic rings. The first-order valence-electron chi connectivity index (χ1n) is 8.91. The Labute approximate surface area is 162 Å². The van der Waals surface area contributed by atoms with Crippen molar-refractivity contribution in [3.8, 4) is 0 Å². The molecule has 0 radical (unpaired) electrons. The zero-order valence-electron chi connectivity index (χ0n) is 14.8. The van der Waals surface area contributed by atoms with E-state index in [2.05, 4.69) is 26.3 Å². The molecule has 1 aromatic carbocycles. The highest BCUT2D eigenvalue weighted by Gasteiger charge is 2.15. The van der Waals surface area contributed by atoms with Crippen molar-refractivity contribution in [1.29, 1.82) is 0 Å². The zero-order valence-corrected chi connectivity index (χ0v) is 15.6. The van der Waals surface area contributed by atoms with Crippen LogP contribution in [0.15, 0.2) is 42.6 Å². The molecule has 0 aliphatic carbocycles. The maximum Gasteiger partial charge on any atom is 0.319 e. The van der Waals surface area contributed by atoms with Gasteiger partial charge in [-0.25, -0.2) is 9.78 Å². The Morgan fingerprint density at radius 3 is 2.81 bits per heavy atom. The van der Waals surface area contributed by atoms with Gasteiger partial charge in [0.1, 0.15) is 5.82 Å². The van der Waals surface area contributed by atoms with Gasteiger partial charge in [-0.1, -0.05) is 17.7 Å². The van der Waals surface area contributed by atoms with Gasteiger partial charge in [-0.2, -0.15) is 0 Å². The van der Waals surface area contributed by atoms with Crippen molar-refractivity contribution in [3.63, 3.8) is 0 Å². The van der Waals surface area contributed by atoms with Crippen molar-refractivity contribution in [1.82, 2.24) is 15.6 Å². The Morgan fingerprint density at radius 1 is 1.11 bits per heavy atom. The molecule has 1 aromatic heterocycles. The highest BCUT2D eigenvalue weighted by molar-refractivity contribution is 6.30. The van der Waals surface area contributed by atoms with E-state index in [9.17, 15) is 9.59 Å². The van der Waals surface area contributed by atoms with Gasteiger partial charge >= 0.3 is 6.03 Å². The van der Waals surface area contributed by atoms with Gasteiger partial charge in [-0.15, -0.1) is 0 Å². The summed E-state index contributed by atoms with van der Waals surface area (Å²) in [5, 5.41) is 12.3. The van der Waals surface area contributed by atoms with Crippen LogP contribution in [0.2, 0.25) is 5.02 Å². The fourth-order valence-corrected chi connectivity index (χ4v) is 3.00. The van der Waals surface area contributed by atoms with E-state index in [-0.39, 0.29) is 18.0 Å². The minimum atomic E-state index is -0.316. The Hall–Kier alpha value is -2.64. The highest BCUT2D eigenvalue weighted by atomic mass is 35.5. The highest BCUT2D eigenvalue weighted by Crippen LogP contribution is 2.14. The lowest BCUT2D eigenvalue weighted by molar-refractivity contribution is 0.102. The van der Waals surface area contributed by atoms with E-state index in [0.29, 0.717) is 22.1 Å². The van der Waals surface area contributed by atoms with Gasteiger partial charge in [0, 0.05) is 23.5 Å². The monoisotopic (exact) mass is 387 g/mol. The van der Waals surface area contributed by atoms with E-state index in [1.807, 2.05) is 0 Å². The SMILES string of the molecule is O=C(Nc1cccc(C(=O)Nc2ccc(Cl)cn2)c1)NC1CCCNCC1. The number of aromatic nitrogens is 1. The largest absolute Gasteiger partial charge is 0.335 e. The first-order valence-corrected chi connectivity index (χ1v) is 9.29. The molecule has 1 fully saturated rings. The Morgan fingerprint density at radius 2 is 2.00 bits per heavy atom. The second-order valence-corrected chi connectivity index (χ2v) is 6.81. The number of amides is 3. The standard InChI is InChI=1S/C19H22ClN5O2/c20-14-6-7-17(22-12-14)25-18(26)13-3-1-4-16(11-13)24-19(27)23-15-5-2-9-21-10-8-15/h1,3-4,6-7,11-12,15,21H,2,5,8-10H2,(H,22,25,26)(H2,23,24,27). The van der Waals surface area contributed by atoms with Gasteiger partial charge in [0.05, 0.1) is 5.02 Å². The molecular weight excluding hydrogens is 366 g/mol. The van der Waals surface area contributed by atoms with E-state index in [1.165, 1.54) is 6.20 Å². The maximum atomic E-state index is 12.4. The number of benzene rings is 1. The average molecular weight is 388 g/mol. The predicted molar refractivity (Wildman–Crippen MR) is 106 cm³/mol. The number of hydrogen-bond acceptors (Lipinski definition) is 4. The number of halogens is 1. The van der Waals surface area contributed by atoms with Crippen molar-refractivity contribution in [2.75, 3.05) is 23.7 Å². The average Bonchev–Trinajstić information content (AvgIpc) is 2.92. The Kier molecular flexibility index (Phi) is 6.62. The van der Waals surface area contributed by atoms with Crippen LogP contribution in [0.3, 0.4) is 0 Å². The van der Waals surface area contributed by atoms with Crippen LogP contribution < -0.4 is 21.3 Å². The summed E-state index contributed by atoms with van der Waals surface area (Å²) >= 11 is 5.79. The molecule has 2 heterocycles. The van der Waals surface area contributed by atoms with Gasteiger partial charge in [-0.05, 0) is 62.7 Å². The molecule has 1 aliphatic rings. The predicted octanol–water partition coefficient (Wildman–Crippen LogP) is 3.25. The number of rotatable bonds is 4. The summed E-state index contributed by atoms with van der Waals surface area (Å²) in [6.45, 7) is 1.89. The molecular formula is C19H22ClN5O2. The second kappa shape index (κ2) is 9.34. The molecule has 0 saturated carbocycles. The van der Waals surface area contributed by atoms with Gasteiger partial charge in [0.25, 0.3) is 5.91 Å². The molecule has 3 rings (SSSR count). The van der Waals surface area contributed by atoms with Crippen molar-refractivity contribution >= 4 is 35.0 Å². The number of carbonyl (C=O) groups is 2. The summed E-state index contributed by atoms with van der Waals surface area (Å²) in [7, 11) is 0. The van der Waals surface area contributed by atoms with Crippen LogP contribution in [0, 0.1) is 0 Å². The van der Waals surface area contributed by atoms with Gasteiger partial charge in [0.15, 0.2) is 0 Å². The van der Waals surface area contributed by atoms with Gasteiger partial charge in [0.2, 0.25) is 0 Å². The molecule has 142 valence electrons. The molecule has 0 bridgehead atoms. The fraction of sp³-hybridized carbons (Fsp3) is 0.316. The topological polar surface area (TPSA) is 95.2 Å². The van der Waals surface area contributed by atoms with Gasteiger partial charge < -0.3 is 21.3 Å². The summed E-state index contributed by atoms with van der Waals surface area (Å²) in [6.07, 6.45) is 4.36. The number of urea groups is 1. The van der Waals surface area contributed by atoms with Crippen LogP contribution in [-0.2, 0) is 0 Å². The van der Waals surface area contributed by atoms with Crippen LogP contribution >= 0.6 is 11.6 Å². The summed E-state index contributed by atoms with van der Waals surface area (Å²) in [6, 6.07) is 9.92. The van der Waals surface area contributed by atoms with Crippen LogP contribution in [0.1, 0.15) is 29.6 Å². The van der Waals surface area contributed by atoms with Crippen LogP contribution in [0.25, 0.3) is 0 Å². The molecule has 1 atom stereocenters. The number of pyridine rings is 1.